The number of benzene rings is 1. The van der Waals surface area contributed by atoms with Crippen molar-refractivity contribution in [2.45, 2.75) is 90.9 Å². The van der Waals surface area contributed by atoms with E-state index < -0.39 is 28.1 Å². The van der Waals surface area contributed by atoms with Crippen molar-refractivity contribution in [2.24, 2.45) is 5.92 Å². The van der Waals surface area contributed by atoms with Gasteiger partial charge in [-0.2, -0.15) is 0 Å². The van der Waals surface area contributed by atoms with Crippen LogP contribution in [0.3, 0.4) is 0 Å². The van der Waals surface area contributed by atoms with Crippen LogP contribution >= 0.6 is 0 Å². The van der Waals surface area contributed by atoms with Crippen LogP contribution in [0.25, 0.3) is 0 Å². The van der Waals surface area contributed by atoms with Crippen molar-refractivity contribution in [3.8, 4) is 5.75 Å². The van der Waals surface area contributed by atoms with Crippen molar-refractivity contribution in [3.05, 3.63) is 46.7 Å². The Kier molecular flexibility index (Phi) is 12.3. The van der Waals surface area contributed by atoms with E-state index in [1.54, 1.807) is 33.9 Å². The van der Waals surface area contributed by atoms with Crippen LogP contribution in [0.1, 0.15) is 73.3 Å². The van der Waals surface area contributed by atoms with Gasteiger partial charge >= 0.3 is 6.03 Å². The zero-order valence-electron chi connectivity index (χ0n) is 29.4. The van der Waals surface area contributed by atoms with E-state index in [0.29, 0.717) is 35.9 Å². The summed E-state index contributed by atoms with van der Waals surface area (Å²) in [7, 11) is -2.44. The molecule has 3 heterocycles. The van der Waals surface area contributed by atoms with Crippen LogP contribution in [-0.2, 0) is 14.8 Å². The average Bonchev–Trinajstić information content (AvgIpc) is 3.56. The summed E-state index contributed by atoms with van der Waals surface area (Å²) in [6, 6.07) is 3.57. The predicted molar refractivity (Wildman–Crippen MR) is 181 cm³/mol. The molecule has 270 valence electrons. The number of nitrogens with zero attached hydrogens (tertiary/aromatic N) is 4. The molecule has 49 heavy (non-hydrogen) atoms. The van der Waals surface area contributed by atoms with Gasteiger partial charge in [-0.15, -0.1) is 0 Å². The van der Waals surface area contributed by atoms with E-state index in [4.69, 9.17) is 18.5 Å². The Morgan fingerprint density at radius 1 is 1.10 bits per heavy atom. The third-order valence-corrected chi connectivity index (χ3v) is 10.2. The van der Waals surface area contributed by atoms with Gasteiger partial charge in [0.25, 0.3) is 15.9 Å². The SMILES string of the molecule is Cc1noc(C)c1NC(=O)N(C)C[C@H]1OCCCC[C@H](C)Oc2ccc(NS(=O)(=O)c3c(C)noc3C)cc2C(=O)N([C@@H](C)CO)C[C@H]1C. The summed E-state index contributed by atoms with van der Waals surface area (Å²) in [4.78, 5) is 30.5. The molecule has 3 amide bonds. The highest BCUT2D eigenvalue weighted by atomic mass is 32.2. The van der Waals surface area contributed by atoms with Crippen LogP contribution < -0.4 is 14.8 Å². The number of likely N-dealkylation sites (N-methyl/N-ethyl adjacent to an activating group) is 1. The van der Waals surface area contributed by atoms with E-state index in [1.165, 1.54) is 35.8 Å². The Morgan fingerprint density at radius 3 is 2.43 bits per heavy atom. The van der Waals surface area contributed by atoms with E-state index in [0.717, 1.165) is 12.8 Å². The number of aliphatic hydroxyl groups excluding tert-OH is 1. The Balaban J connectivity index is 1.64. The number of aryl methyl sites for hydroxylation is 4. The zero-order chi connectivity index (χ0) is 36.0. The summed E-state index contributed by atoms with van der Waals surface area (Å²) in [5.41, 5.74) is 1.54. The zero-order valence-corrected chi connectivity index (χ0v) is 30.2. The Labute approximate surface area is 287 Å². The molecule has 1 aliphatic heterocycles. The van der Waals surface area contributed by atoms with Crippen LogP contribution in [-0.4, -0.2) is 97.2 Å². The first-order valence-corrected chi connectivity index (χ1v) is 17.9. The second-order valence-electron chi connectivity index (χ2n) is 12.8. The molecule has 0 unspecified atom stereocenters. The maximum Gasteiger partial charge on any atom is 0.321 e. The molecule has 4 atom stereocenters. The second kappa shape index (κ2) is 16.0. The van der Waals surface area contributed by atoms with Gasteiger partial charge in [0.1, 0.15) is 22.8 Å². The monoisotopic (exact) mass is 704 g/mol. The Hall–Kier alpha value is -4.15. The molecule has 0 bridgehead atoms. The van der Waals surface area contributed by atoms with E-state index >= 15 is 0 Å². The number of carbonyl (C=O) groups is 2. The maximum absolute atomic E-state index is 14.4. The molecule has 0 spiro atoms. The van der Waals surface area contributed by atoms with Crippen LogP contribution in [0.5, 0.6) is 5.75 Å². The second-order valence-corrected chi connectivity index (χ2v) is 14.4. The van der Waals surface area contributed by atoms with E-state index in [2.05, 4.69) is 20.4 Å². The highest BCUT2D eigenvalue weighted by molar-refractivity contribution is 7.92. The van der Waals surface area contributed by atoms with E-state index in [-0.39, 0.29) is 65.3 Å². The van der Waals surface area contributed by atoms with Gasteiger partial charge < -0.3 is 38.7 Å². The molecule has 0 aliphatic carbocycles. The molecule has 4 rings (SSSR count). The minimum atomic E-state index is -4.10. The number of ether oxygens (including phenoxy) is 2. The summed E-state index contributed by atoms with van der Waals surface area (Å²) in [6.07, 6.45) is 1.48. The number of rotatable bonds is 8. The fourth-order valence-electron chi connectivity index (χ4n) is 5.73. The molecular weight excluding hydrogens is 656 g/mol. The number of fused-ring (bicyclic) bond motifs is 1. The molecule has 2 aromatic heterocycles. The van der Waals surface area contributed by atoms with Crippen LogP contribution in [0.2, 0.25) is 0 Å². The van der Waals surface area contributed by atoms with Gasteiger partial charge in [-0.1, -0.05) is 17.2 Å². The summed E-state index contributed by atoms with van der Waals surface area (Å²) in [5.74, 6) is 0.166. The molecule has 0 saturated carbocycles. The lowest BCUT2D eigenvalue weighted by Crippen LogP contribution is -2.48. The standard InChI is InChI=1S/C33H48N6O9S/c1-19-16-39(20(2)18-40)32(41)27-15-26(37-49(43,44)31-23(5)36-48-25(31)7)12-13-28(27)46-21(3)11-9-10-14-45-29(19)17-38(8)33(42)34-30-22(4)35-47-24(30)6/h12-13,15,19-21,29,37,40H,9-11,14,16-18H2,1-8H3,(H,34,42)/t19-,20+,21+,29-/m1/s1. The Bertz CT molecular complexity index is 1680. The normalized spacial score (nSPS) is 20.1. The molecule has 3 aromatic rings. The van der Waals surface area contributed by atoms with Gasteiger partial charge in [0.15, 0.2) is 16.4 Å². The first-order valence-electron chi connectivity index (χ1n) is 16.4. The van der Waals surface area contributed by atoms with Gasteiger partial charge in [-0.05, 0) is 79.0 Å². The fourth-order valence-corrected chi connectivity index (χ4v) is 7.11. The summed E-state index contributed by atoms with van der Waals surface area (Å²) >= 11 is 0. The number of carbonyl (C=O) groups excluding carboxylic acids is 2. The maximum atomic E-state index is 14.4. The van der Waals surface area contributed by atoms with Crippen molar-refractivity contribution in [2.75, 3.05) is 43.4 Å². The highest BCUT2D eigenvalue weighted by Gasteiger charge is 2.32. The number of amides is 3. The van der Waals surface area contributed by atoms with Crippen molar-refractivity contribution < 1.29 is 41.6 Å². The topological polar surface area (TPSA) is 190 Å². The van der Waals surface area contributed by atoms with Gasteiger partial charge in [0.05, 0.1) is 30.4 Å². The number of urea groups is 1. The third-order valence-electron chi connectivity index (χ3n) is 8.61. The van der Waals surface area contributed by atoms with E-state index in [9.17, 15) is 23.1 Å². The summed E-state index contributed by atoms with van der Waals surface area (Å²) < 4.78 is 52.0. The molecule has 1 aliphatic rings. The van der Waals surface area contributed by atoms with Crippen molar-refractivity contribution in [1.29, 1.82) is 0 Å². The first kappa shape index (κ1) is 37.7. The summed E-state index contributed by atoms with van der Waals surface area (Å²) in [6.45, 7) is 12.5. The fraction of sp³-hybridized carbons (Fsp3) is 0.576. The van der Waals surface area contributed by atoms with Crippen molar-refractivity contribution in [3.63, 3.8) is 0 Å². The minimum Gasteiger partial charge on any atom is -0.490 e. The quantitative estimate of drug-likeness (QED) is 0.296. The lowest BCUT2D eigenvalue weighted by Gasteiger charge is -2.35. The molecule has 15 nitrogen and oxygen atoms in total. The number of hydrogen-bond donors (Lipinski definition) is 3. The van der Waals surface area contributed by atoms with Crippen LogP contribution in [0, 0.1) is 33.6 Å². The highest BCUT2D eigenvalue weighted by Crippen LogP contribution is 2.30. The average molecular weight is 705 g/mol. The number of sulfonamides is 1. The smallest absolute Gasteiger partial charge is 0.321 e. The molecule has 0 fully saturated rings. The number of aliphatic hydroxyl groups is 1. The lowest BCUT2D eigenvalue weighted by molar-refractivity contribution is -0.0115. The number of nitrogens with one attached hydrogen (secondary N) is 2. The molecule has 3 N–H and O–H groups in total. The number of anilines is 2. The summed E-state index contributed by atoms with van der Waals surface area (Å²) in [5, 5.41) is 20.7. The van der Waals surface area contributed by atoms with E-state index in [1.807, 2.05) is 13.8 Å². The minimum absolute atomic E-state index is 0.0791. The van der Waals surface area contributed by atoms with Crippen LogP contribution in [0.4, 0.5) is 16.2 Å². The third kappa shape index (κ3) is 9.10. The predicted octanol–water partition coefficient (Wildman–Crippen LogP) is 4.66. The number of aromatic nitrogens is 2. The van der Waals surface area contributed by atoms with Crippen molar-refractivity contribution >= 4 is 33.3 Å². The van der Waals surface area contributed by atoms with Crippen molar-refractivity contribution in [1.82, 2.24) is 20.1 Å². The van der Waals surface area contributed by atoms with Gasteiger partial charge in [0, 0.05) is 38.3 Å². The van der Waals surface area contributed by atoms with Gasteiger partial charge in [-0.3, -0.25) is 9.52 Å². The lowest BCUT2D eigenvalue weighted by atomic mass is 10.0. The molecule has 16 heteroatoms. The van der Waals surface area contributed by atoms with Gasteiger partial charge in [0.2, 0.25) is 0 Å². The first-order chi connectivity index (χ1) is 23.1. The molecule has 1 aromatic carbocycles. The van der Waals surface area contributed by atoms with Crippen LogP contribution in [0.15, 0.2) is 32.1 Å². The van der Waals surface area contributed by atoms with Gasteiger partial charge in [-0.25, -0.2) is 13.2 Å². The molecule has 0 radical (unpaired) electrons. The largest absolute Gasteiger partial charge is 0.490 e. The molecular formula is C33H48N6O9S. The number of hydrogen-bond acceptors (Lipinski definition) is 11. The Morgan fingerprint density at radius 2 is 1.80 bits per heavy atom. The molecule has 0 saturated heterocycles.